The van der Waals surface area contributed by atoms with Crippen LogP contribution in [-0.4, -0.2) is 38.5 Å². The summed E-state index contributed by atoms with van der Waals surface area (Å²) in [5, 5.41) is 4.20. The van der Waals surface area contributed by atoms with Crippen molar-refractivity contribution in [2.24, 2.45) is 5.92 Å². The summed E-state index contributed by atoms with van der Waals surface area (Å²) >= 11 is 0. The van der Waals surface area contributed by atoms with Crippen LogP contribution < -0.4 is 0 Å². The molecule has 0 N–H and O–H groups in total. The van der Waals surface area contributed by atoms with Gasteiger partial charge in [-0.05, 0) is 32.3 Å². The molecule has 8 heteroatoms. The first-order chi connectivity index (χ1) is 12.8. The predicted molar refractivity (Wildman–Crippen MR) is 93.2 cm³/mol. The molecule has 3 heterocycles. The number of carbonyl (C=O) groups is 1. The highest BCUT2D eigenvalue weighted by molar-refractivity contribution is 5.79. The number of aryl methyl sites for hydroxylation is 1. The van der Waals surface area contributed by atoms with Gasteiger partial charge in [-0.2, -0.15) is 18.3 Å². The Labute approximate surface area is 155 Å². The molecule has 1 amide bonds. The van der Waals surface area contributed by atoms with Gasteiger partial charge in [-0.25, -0.2) is 9.50 Å². The molecular formula is C19H23F3N4O. The van der Waals surface area contributed by atoms with Gasteiger partial charge < -0.3 is 4.90 Å². The van der Waals surface area contributed by atoms with E-state index in [0.29, 0.717) is 24.5 Å². The van der Waals surface area contributed by atoms with Gasteiger partial charge in [0.15, 0.2) is 5.65 Å². The summed E-state index contributed by atoms with van der Waals surface area (Å²) in [5.74, 6) is 0.270. The highest BCUT2D eigenvalue weighted by atomic mass is 19.4. The maximum absolute atomic E-state index is 13.3. The van der Waals surface area contributed by atoms with Crippen LogP contribution in [0.5, 0.6) is 0 Å². The highest BCUT2D eigenvalue weighted by Crippen LogP contribution is 2.33. The van der Waals surface area contributed by atoms with Crippen molar-refractivity contribution in [1.82, 2.24) is 19.5 Å². The Balaban J connectivity index is 1.56. The lowest BCUT2D eigenvalue weighted by Gasteiger charge is -2.26. The van der Waals surface area contributed by atoms with E-state index >= 15 is 0 Å². The minimum absolute atomic E-state index is 0.0411. The number of fused-ring (bicyclic) bond motifs is 1. The van der Waals surface area contributed by atoms with E-state index in [1.54, 1.807) is 13.0 Å². The van der Waals surface area contributed by atoms with Crippen molar-refractivity contribution in [3.05, 3.63) is 29.2 Å². The molecule has 4 rings (SSSR count). The van der Waals surface area contributed by atoms with Crippen LogP contribution in [0.3, 0.4) is 0 Å². The average Bonchev–Trinajstić information content (AvgIpc) is 3.27. The van der Waals surface area contributed by atoms with Crippen LogP contribution in [0.25, 0.3) is 5.65 Å². The fourth-order valence-corrected chi connectivity index (χ4v) is 4.33. The number of amides is 1. The van der Waals surface area contributed by atoms with Gasteiger partial charge in [-0.1, -0.05) is 19.3 Å². The lowest BCUT2D eigenvalue weighted by Crippen LogP contribution is -2.35. The first kappa shape index (κ1) is 18.3. The Hall–Kier alpha value is -2.12. The Bertz CT molecular complexity index is 854. The molecular weight excluding hydrogens is 357 g/mol. The third kappa shape index (κ3) is 3.53. The number of hydrogen-bond donors (Lipinski definition) is 0. The zero-order chi connectivity index (χ0) is 19.2. The zero-order valence-electron chi connectivity index (χ0n) is 15.3. The molecule has 0 spiro atoms. The van der Waals surface area contributed by atoms with Crippen LogP contribution in [0, 0.1) is 12.8 Å². The van der Waals surface area contributed by atoms with E-state index in [1.807, 2.05) is 4.90 Å². The summed E-state index contributed by atoms with van der Waals surface area (Å²) in [6, 6.07) is 2.64. The highest BCUT2D eigenvalue weighted by Gasteiger charge is 2.36. The lowest BCUT2D eigenvalue weighted by atomic mass is 9.88. The molecule has 1 aliphatic heterocycles. The van der Waals surface area contributed by atoms with Crippen molar-refractivity contribution < 1.29 is 18.0 Å². The second-order valence-corrected chi connectivity index (χ2v) is 7.72. The van der Waals surface area contributed by atoms with Crippen LogP contribution in [0.15, 0.2) is 12.1 Å². The summed E-state index contributed by atoms with van der Waals surface area (Å²) in [7, 11) is 0. The molecule has 1 saturated heterocycles. The van der Waals surface area contributed by atoms with Gasteiger partial charge >= 0.3 is 6.18 Å². The molecule has 0 aromatic carbocycles. The smallest absolute Gasteiger partial charge is 0.342 e. The quantitative estimate of drug-likeness (QED) is 0.793. The Kier molecular flexibility index (Phi) is 4.60. The third-order valence-corrected chi connectivity index (χ3v) is 5.74. The summed E-state index contributed by atoms with van der Waals surface area (Å²) in [4.78, 5) is 18.8. The van der Waals surface area contributed by atoms with Crippen LogP contribution in [0.4, 0.5) is 13.2 Å². The Morgan fingerprint density at radius 3 is 2.59 bits per heavy atom. The molecule has 0 radical (unpaired) electrons. The largest absolute Gasteiger partial charge is 0.433 e. The Morgan fingerprint density at radius 2 is 1.89 bits per heavy atom. The fourth-order valence-electron chi connectivity index (χ4n) is 4.33. The number of aromatic nitrogens is 3. The minimum Gasteiger partial charge on any atom is -0.342 e. The summed E-state index contributed by atoms with van der Waals surface area (Å²) in [6.45, 7) is 2.72. The number of likely N-dealkylation sites (tertiary alicyclic amines) is 1. The van der Waals surface area contributed by atoms with Gasteiger partial charge in [0.05, 0.1) is 5.69 Å². The number of hydrogen-bond acceptors (Lipinski definition) is 3. The lowest BCUT2D eigenvalue weighted by molar-refractivity contribution is -0.142. The normalized spacial score (nSPS) is 21.9. The van der Waals surface area contributed by atoms with Gasteiger partial charge in [0.2, 0.25) is 5.91 Å². The SMILES string of the molecule is Cc1cc(C(F)(F)F)n2nc([C@H]3CCN(C(=O)C4CCCCC4)C3)cc2n1. The number of halogens is 3. The molecule has 0 bridgehead atoms. The van der Waals surface area contributed by atoms with E-state index in [9.17, 15) is 18.0 Å². The molecule has 2 aromatic heterocycles. The summed E-state index contributed by atoms with van der Waals surface area (Å²) in [5.41, 5.74) is 0.276. The zero-order valence-corrected chi connectivity index (χ0v) is 15.3. The first-order valence-electron chi connectivity index (χ1n) is 9.56. The molecule has 27 heavy (non-hydrogen) atoms. The van der Waals surface area contributed by atoms with Gasteiger partial charge in [-0.15, -0.1) is 0 Å². The monoisotopic (exact) mass is 380 g/mol. The standard InChI is InChI=1S/C19H23F3N4O/c1-12-9-16(19(20,21)22)26-17(23-12)10-15(24-26)14-7-8-25(11-14)18(27)13-5-3-2-4-6-13/h9-10,13-14H,2-8,11H2,1H3/t14-/m0/s1. The minimum atomic E-state index is -4.49. The van der Waals surface area contributed by atoms with Crippen LogP contribution in [-0.2, 0) is 11.0 Å². The molecule has 2 aliphatic rings. The van der Waals surface area contributed by atoms with Crippen molar-refractivity contribution in [3.63, 3.8) is 0 Å². The van der Waals surface area contributed by atoms with Crippen molar-refractivity contribution in [1.29, 1.82) is 0 Å². The van der Waals surface area contributed by atoms with Crippen molar-refractivity contribution in [2.75, 3.05) is 13.1 Å². The third-order valence-electron chi connectivity index (χ3n) is 5.74. The molecule has 2 aromatic rings. The molecule has 5 nitrogen and oxygen atoms in total. The summed E-state index contributed by atoms with van der Waals surface area (Å²) < 4.78 is 40.8. The maximum atomic E-state index is 13.3. The van der Waals surface area contributed by atoms with Gasteiger partial charge in [0.1, 0.15) is 5.69 Å². The first-order valence-corrected chi connectivity index (χ1v) is 9.56. The summed E-state index contributed by atoms with van der Waals surface area (Å²) in [6.07, 6.45) is 1.54. The van der Waals surface area contributed by atoms with E-state index in [-0.39, 0.29) is 23.4 Å². The van der Waals surface area contributed by atoms with E-state index in [1.165, 1.54) is 6.42 Å². The van der Waals surface area contributed by atoms with Crippen LogP contribution in [0.2, 0.25) is 0 Å². The maximum Gasteiger partial charge on any atom is 0.433 e. The van der Waals surface area contributed by atoms with E-state index in [0.717, 1.165) is 42.7 Å². The second-order valence-electron chi connectivity index (χ2n) is 7.72. The topological polar surface area (TPSA) is 50.5 Å². The van der Waals surface area contributed by atoms with E-state index < -0.39 is 11.9 Å². The molecule has 146 valence electrons. The molecule has 1 atom stereocenters. The number of carbonyl (C=O) groups excluding carboxylic acids is 1. The molecule has 1 aliphatic carbocycles. The molecule has 2 fully saturated rings. The average molecular weight is 380 g/mol. The number of nitrogens with zero attached hydrogens (tertiary/aromatic N) is 4. The van der Waals surface area contributed by atoms with Crippen molar-refractivity contribution in [3.8, 4) is 0 Å². The van der Waals surface area contributed by atoms with Gasteiger partial charge in [0, 0.05) is 36.7 Å². The van der Waals surface area contributed by atoms with Crippen LogP contribution in [0.1, 0.15) is 61.5 Å². The Morgan fingerprint density at radius 1 is 1.15 bits per heavy atom. The number of alkyl halides is 3. The molecule has 0 unspecified atom stereocenters. The van der Waals surface area contributed by atoms with Crippen molar-refractivity contribution >= 4 is 11.6 Å². The fraction of sp³-hybridized carbons (Fsp3) is 0.632. The number of rotatable bonds is 2. The van der Waals surface area contributed by atoms with Crippen LogP contribution >= 0.6 is 0 Å². The van der Waals surface area contributed by atoms with Gasteiger partial charge in [-0.3, -0.25) is 4.79 Å². The second kappa shape index (κ2) is 6.80. The van der Waals surface area contributed by atoms with E-state index in [2.05, 4.69) is 10.1 Å². The van der Waals surface area contributed by atoms with Crippen molar-refractivity contribution in [2.45, 2.75) is 57.5 Å². The predicted octanol–water partition coefficient (Wildman–Crippen LogP) is 3.95. The van der Waals surface area contributed by atoms with Gasteiger partial charge in [0.25, 0.3) is 0 Å². The molecule has 1 saturated carbocycles. The van der Waals surface area contributed by atoms with E-state index in [4.69, 9.17) is 0 Å².